The number of anilines is 1. The largest absolute Gasteiger partial charge is 0.383 e. The van der Waals surface area contributed by atoms with Gasteiger partial charge in [0.15, 0.2) is 5.82 Å². The number of aryl methyl sites for hydroxylation is 1. The second-order valence-corrected chi connectivity index (χ2v) is 5.55. The number of hydrogen-bond donors (Lipinski definition) is 2. The molecule has 0 aliphatic heterocycles. The van der Waals surface area contributed by atoms with Crippen molar-refractivity contribution in [1.82, 2.24) is 9.78 Å². The van der Waals surface area contributed by atoms with E-state index in [9.17, 15) is 4.79 Å². The topological polar surface area (TPSA) is 82.2 Å². The third kappa shape index (κ3) is 3.78. The van der Waals surface area contributed by atoms with Gasteiger partial charge in [-0.25, -0.2) is 4.68 Å². The SMILES string of the molecule is COCC(N)C(=O)Nc1cc(C)n(-c2ccc(Cl)c(Cl)c2)n1. The number of aromatic nitrogens is 2. The molecule has 1 aromatic carbocycles. The lowest BCUT2D eigenvalue weighted by atomic mass is 10.3. The van der Waals surface area contributed by atoms with E-state index in [1.54, 1.807) is 28.9 Å². The van der Waals surface area contributed by atoms with Gasteiger partial charge in [-0.15, -0.1) is 5.10 Å². The van der Waals surface area contributed by atoms with Crippen LogP contribution in [0.3, 0.4) is 0 Å². The zero-order valence-electron chi connectivity index (χ0n) is 12.1. The normalized spacial score (nSPS) is 12.2. The summed E-state index contributed by atoms with van der Waals surface area (Å²) in [6.45, 7) is 2.00. The lowest BCUT2D eigenvalue weighted by Crippen LogP contribution is -2.39. The van der Waals surface area contributed by atoms with Crippen LogP contribution in [0.4, 0.5) is 5.82 Å². The Hall–Kier alpha value is -1.60. The predicted molar refractivity (Wildman–Crippen MR) is 86.8 cm³/mol. The fraction of sp³-hybridized carbons (Fsp3) is 0.286. The molecule has 0 fully saturated rings. The Morgan fingerprint density at radius 3 is 2.77 bits per heavy atom. The lowest BCUT2D eigenvalue weighted by molar-refractivity contribution is -0.118. The fourth-order valence-electron chi connectivity index (χ4n) is 1.89. The summed E-state index contributed by atoms with van der Waals surface area (Å²) in [5.74, 6) is 0.0424. The van der Waals surface area contributed by atoms with Crippen molar-refractivity contribution in [2.45, 2.75) is 13.0 Å². The van der Waals surface area contributed by atoms with Crippen LogP contribution in [0, 0.1) is 6.92 Å². The molecule has 0 saturated carbocycles. The molecule has 1 aromatic heterocycles. The third-order valence-corrected chi connectivity index (χ3v) is 3.71. The molecule has 1 heterocycles. The number of nitrogens with zero attached hydrogens (tertiary/aromatic N) is 2. The number of benzene rings is 1. The van der Waals surface area contributed by atoms with E-state index in [-0.39, 0.29) is 12.5 Å². The lowest BCUT2D eigenvalue weighted by Gasteiger charge is -2.09. The molecule has 8 heteroatoms. The number of hydrogen-bond acceptors (Lipinski definition) is 4. The summed E-state index contributed by atoms with van der Waals surface area (Å²) in [4.78, 5) is 11.9. The van der Waals surface area contributed by atoms with Crippen molar-refractivity contribution < 1.29 is 9.53 Å². The maximum Gasteiger partial charge on any atom is 0.244 e. The number of nitrogens with one attached hydrogen (secondary N) is 1. The van der Waals surface area contributed by atoms with Crippen LogP contribution in [-0.4, -0.2) is 35.4 Å². The van der Waals surface area contributed by atoms with E-state index in [1.807, 2.05) is 6.92 Å². The van der Waals surface area contributed by atoms with Gasteiger partial charge >= 0.3 is 0 Å². The van der Waals surface area contributed by atoms with Crippen LogP contribution in [0.2, 0.25) is 10.0 Å². The molecular weight excluding hydrogens is 327 g/mol. The van der Waals surface area contributed by atoms with Gasteiger partial charge in [0.25, 0.3) is 0 Å². The standard InChI is InChI=1S/C14H16Cl2N4O2/c1-8-5-13(18-14(21)12(17)7-22-2)19-20(8)9-3-4-10(15)11(16)6-9/h3-6,12H,7,17H2,1-2H3,(H,18,19,21). The molecule has 1 amide bonds. The first-order valence-corrected chi connectivity index (χ1v) is 7.25. The molecule has 0 aliphatic rings. The molecule has 22 heavy (non-hydrogen) atoms. The highest BCUT2D eigenvalue weighted by Crippen LogP contribution is 2.25. The van der Waals surface area contributed by atoms with Crippen LogP contribution in [0.1, 0.15) is 5.69 Å². The van der Waals surface area contributed by atoms with Crippen molar-refractivity contribution in [3.8, 4) is 5.69 Å². The average molecular weight is 343 g/mol. The molecule has 0 radical (unpaired) electrons. The molecule has 0 spiro atoms. The first kappa shape index (κ1) is 16.8. The van der Waals surface area contributed by atoms with Crippen LogP contribution >= 0.6 is 23.2 Å². The van der Waals surface area contributed by atoms with Gasteiger partial charge in [0.1, 0.15) is 6.04 Å². The Morgan fingerprint density at radius 1 is 1.41 bits per heavy atom. The summed E-state index contributed by atoms with van der Waals surface area (Å²) in [6, 6.07) is 6.16. The van der Waals surface area contributed by atoms with Crippen molar-refractivity contribution in [1.29, 1.82) is 0 Å². The molecule has 2 aromatic rings. The van der Waals surface area contributed by atoms with Crippen LogP contribution in [0.15, 0.2) is 24.3 Å². The summed E-state index contributed by atoms with van der Waals surface area (Å²) in [5, 5.41) is 7.87. The van der Waals surface area contributed by atoms with Gasteiger partial charge in [0, 0.05) is 18.9 Å². The maximum absolute atomic E-state index is 11.9. The number of methoxy groups -OCH3 is 1. The van der Waals surface area contributed by atoms with Crippen molar-refractivity contribution in [3.63, 3.8) is 0 Å². The highest BCUT2D eigenvalue weighted by molar-refractivity contribution is 6.42. The highest BCUT2D eigenvalue weighted by Gasteiger charge is 2.15. The van der Waals surface area contributed by atoms with Crippen LogP contribution in [-0.2, 0) is 9.53 Å². The zero-order valence-corrected chi connectivity index (χ0v) is 13.6. The molecule has 0 aliphatic carbocycles. The molecular formula is C14H16Cl2N4O2. The van der Waals surface area contributed by atoms with Crippen molar-refractivity contribution in [2.75, 3.05) is 19.0 Å². The van der Waals surface area contributed by atoms with Crippen molar-refractivity contribution >= 4 is 34.9 Å². The monoisotopic (exact) mass is 342 g/mol. The van der Waals surface area contributed by atoms with Gasteiger partial charge in [-0.1, -0.05) is 23.2 Å². The minimum Gasteiger partial charge on any atom is -0.383 e. The zero-order chi connectivity index (χ0) is 16.3. The summed E-state index contributed by atoms with van der Waals surface area (Å²) < 4.78 is 6.50. The summed E-state index contributed by atoms with van der Waals surface area (Å²) in [7, 11) is 1.48. The van der Waals surface area contributed by atoms with E-state index in [1.165, 1.54) is 7.11 Å². The van der Waals surface area contributed by atoms with Crippen LogP contribution in [0.5, 0.6) is 0 Å². The number of ether oxygens (including phenoxy) is 1. The Balaban J connectivity index is 2.21. The van der Waals surface area contributed by atoms with E-state index < -0.39 is 6.04 Å². The van der Waals surface area contributed by atoms with E-state index >= 15 is 0 Å². The number of nitrogens with two attached hydrogens (primary N) is 1. The first-order valence-electron chi connectivity index (χ1n) is 6.50. The molecule has 1 atom stereocenters. The van der Waals surface area contributed by atoms with Gasteiger partial charge in [-0.3, -0.25) is 4.79 Å². The Labute approximate surface area is 138 Å². The minimum absolute atomic E-state index is 0.137. The number of amides is 1. The summed E-state index contributed by atoms with van der Waals surface area (Å²) in [5.41, 5.74) is 7.24. The predicted octanol–water partition coefficient (Wildman–Crippen LogP) is 2.40. The second-order valence-electron chi connectivity index (χ2n) is 4.73. The fourth-order valence-corrected chi connectivity index (χ4v) is 2.18. The van der Waals surface area contributed by atoms with Gasteiger partial charge < -0.3 is 15.8 Å². The third-order valence-electron chi connectivity index (χ3n) is 2.97. The van der Waals surface area contributed by atoms with E-state index in [2.05, 4.69) is 10.4 Å². The Bertz CT molecular complexity index is 687. The molecule has 118 valence electrons. The number of halogens is 2. The Morgan fingerprint density at radius 2 is 2.14 bits per heavy atom. The smallest absolute Gasteiger partial charge is 0.244 e. The van der Waals surface area contributed by atoms with E-state index in [0.717, 1.165) is 11.4 Å². The molecule has 3 N–H and O–H groups in total. The van der Waals surface area contributed by atoms with Gasteiger partial charge in [-0.2, -0.15) is 0 Å². The maximum atomic E-state index is 11.9. The van der Waals surface area contributed by atoms with Gasteiger partial charge in [0.05, 0.1) is 22.3 Å². The number of carbonyl (C=O) groups excluding carboxylic acids is 1. The van der Waals surface area contributed by atoms with Gasteiger partial charge in [-0.05, 0) is 25.1 Å². The van der Waals surface area contributed by atoms with Crippen molar-refractivity contribution in [2.24, 2.45) is 5.73 Å². The highest BCUT2D eigenvalue weighted by atomic mass is 35.5. The van der Waals surface area contributed by atoms with E-state index in [4.69, 9.17) is 33.7 Å². The van der Waals surface area contributed by atoms with Gasteiger partial charge in [0.2, 0.25) is 5.91 Å². The molecule has 1 unspecified atom stereocenters. The minimum atomic E-state index is -0.750. The number of rotatable bonds is 5. The molecule has 6 nitrogen and oxygen atoms in total. The van der Waals surface area contributed by atoms with E-state index in [0.29, 0.717) is 15.9 Å². The summed E-state index contributed by atoms with van der Waals surface area (Å²) >= 11 is 11.9. The van der Waals surface area contributed by atoms with Crippen LogP contribution in [0.25, 0.3) is 5.69 Å². The van der Waals surface area contributed by atoms with Crippen molar-refractivity contribution in [3.05, 3.63) is 40.0 Å². The Kier molecular flexibility index (Phi) is 5.42. The second kappa shape index (κ2) is 7.11. The first-order chi connectivity index (χ1) is 10.4. The molecule has 2 rings (SSSR count). The summed E-state index contributed by atoms with van der Waals surface area (Å²) in [6.07, 6.45) is 0. The average Bonchev–Trinajstić information content (AvgIpc) is 2.83. The van der Waals surface area contributed by atoms with Crippen LogP contribution < -0.4 is 11.1 Å². The number of carbonyl (C=O) groups is 1. The quantitative estimate of drug-likeness (QED) is 0.873. The molecule has 0 saturated heterocycles. The molecule has 0 bridgehead atoms.